The third kappa shape index (κ3) is 2.21. The maximum atomic E-state index is 10.9. The summed E-state index contributed by atoms with van der Waals surface area (Å²) in [5.74, 6) is 0.190. The van der Waals surface area contributed by atoms with Crippen molar-refractivity contribution in [3.8, 4) is 0 Å². The van der Waals surface area contributed by atoms with Crippen molar-refractivity contribution in [3.63, 3.8) is 0 Å². The summed E-state index contributed by atoms with van der Waals surface area (Å²) in [5, 5.41) is 8.97. The molecule has 3 nitrogen and oxygen atoms in total. The van der Waals surface area contributed by atoms with Crippen LogP contribution in [0.5, 0.6) is 0 Å². The van der Waals surface area contributed by atoms with Gasteiger partial charge in [0.25, 0.3) is 0 Å². The van der Waals surface area contributed by atoms with Crippen molar-refractivity contribution in [2.24, 2.45) is 17.6 Å². The van der Waals surface area contributed by atoms with Crippen molar-refractivity contribution in [1.29, 1.82) is 0 Å². The first-order valence-corrected chi connectivity index (χ1v) is 4.98. The van der Waals surface area contributed by atoms with Gasteiger partial charge < -0.3 is 10.8 Å². The highest BCUT2D eigenvalue weighted by atomic mass is 16.4. The third-order valence-corrected chi connectivity index (χ3v) is 3.19. The number of carboxylic acids is 1. The molecule has 0 saturated heterocycles. The number of carbonyl (C=O) groups is 1. The van der Waals surface area contributed by atoms with Crippen molar-refractivity contribution < 1.29 is 9.90 Å². The first kappa shape index (κ1) is 10.5. The van der Waals surface area contributed by atoms with Gasteiger partial charge in [-0.3, -0.25) is 4.79 Å². The Hall–Kier alpha value is -0.570. The van der Waals surface area contributed by atoms with Crippen LogP contribution in [-0.4, -0.2) is 16.6 Å². The summed E-state index contributed by atoms with van der Waals surface area (Å²) in [6.07, 6.45) is 3.35. The van der Waals surface area contributed by atoms with E-state index in [1.807, 2.05) is 0 Å². The van der Waals surface area contributed by atoms with E-state index < -0.39 is 11.5 Å². The predicted molar refractivity (Wildman–Crippen MR) is 51.4 cm³/mol. The van der Waals surface area contributed by atoms with Crippen LogP contribution in [0.4, 0.5) is 0 Å². The SMILES string of the molecule is CC(C)C1CCCC(N)(C(=O)O)C1. The molecule has 0 radical (unpaired) electrons. The van der Waals surface area contributed by atoms with Crippen LogP contribution in [-0.2, 0) is 4.79 Å². The van der Waals surface area contributed by atoms with Crippen LogP contribution >= 0.6 is 0 Å². The molecule has 0 aromatic carbocycles. The van der Waals surface area contributed by atoms with Gasteiger partial charge >= 0.3 is 5.97 Å². The molecule has 0 spiro atoms. The Morgan fingerprint density at radius 2 is 2.23 bits per heavy atom. The van der Waals surface area contributed by atoms with Crippen molar-refractivity contribution in [2.45, 2.75) is 45.1 Å². The zero-order valence-corrected chi connectivity index (χ0v) is 8.42. The van der Waals surface area contributed by atoms with Gasteiger partial charge in [-0.15, -0.1) is 0 Å². The molecular weight excluding hydrogens is 166 g/mol. The van der Waals surface area contributed by atoms with E-state index in [0.29, 0.717) is 24.7 Å². The maximum Gasteiger partial charge on any atom is 0.323 e. The van der Waals surface area contributed by atoms with Crippen LogP contribution in [0.1, 0.15) is 39.5 Å². The summed E-state index contributed by atoms with van der Waals surface area (Å²) >= 11 is 0. The number of nitrogens with two attached hydrogens (primary N) is 1. The molecule has 0 bridgehead atoms. The number of carboxylic acid groups (broad SMARTS) is 1. The fraction of sp³-hybridized carbons (Fsp3) is 0.900. The Labute approximate surface area is 79.3 Å². The molecule has 1 rings (SSSR count). The molecule has 3 heteroatoms. The minimum absolute atomic E-state index is 0.481. The molecule has 13 heavy (non-hydrogen) atoms. The highest BCUT2D eigenvalue weighted by Gasteiger charge is 2.39. The predicted octanol–water partition coefficient (Wildman–Crippen LogP) is 1.61. The largest absolute Gasteiger partial charge is 0.480 e. The molecule has 0 heterocycles. The van der Waals surface area contributed by atoms with Gasteiger partial charge in [-0.25, -0.2) is 0 Å². The van der Waals surface area contributed by atoms with E-state index in [9.17, 15) is 4.79 Å². The Kier molecular flexibility index (Phi) is 2.96. The maximum absolute atomic E-state index is 10.9. The first-order valence-electron chi connectivity index (χ1n) is 4.98. The van der Waals surface area contributed by atoms with Gasteiger partial charge in [-0.05, 0) is 24.7 Å². The molecule has 0 aromatic heterocycles. The van der Waals surface area contributed by atoms with Crippen molar-refractivity contribution in [3.05, 3.63) is 0 Å². The highest BCUT2D eigenvalue weighted by molar-refractivity contribution is 5.78. The van der Waals surface area contributed by atoms with Gasteiger partial charge in [0.05, 0.1) is 0 Å². The van der Waals surface area contributed by atoms with Crippen LogP contribution in [0.2, 0.25) is 0 Å². The second kappa shape index (κ2) is 3.66. The zero-order valence-electron chi connectivity index (χ0n) is 8.42. The monoisotopic (exact) mass is 185 g/mol. The smallest absolute Gasteiger partial charge is 0.323 e. The van der Waals surface area contributed by atoms with Crippen LogP contribution in [0, 0.1) is 11.8 Å². The molecule has 0 aromatic rings. The highest BCUT2D eigenvalue weighted by Crippen LogP contribution is 2.34. The van der Waals surface area contributed by atoms with Crippen LogP contribution in [0.25, 0.3) is 0 Å². The summed E-state index contributed by atoms with van der Waals surface area (Å²) in [5.41, 5.74) is 4.88. The molecule has 1 aliphatic carbocycles. The lowest BCUT2D eigenvalue weighted by atomic mass is 9.72. The Morgan fingerprint density at radius 3 is 2.69 bits per heavy atom. The molecule has 2 unspecified atom stereocenters. The van der Waals surface area contributed by atoms with E-state index in [2.05, 4.69) is 13.8 Å². The normalized spacial score (nSPS) is 34.9. The topological polar surface area (TPSA) is 63.3 Å². The minimum atomic E-state index is -0.951. The minimum Gasteiger partial charge on any atom is -0.480 e. The molecule has 1 saturated carbocycles. The van der Waals surface area contributed by atoms with Crippen molar-refractivity contribution in [1.82, 2.24) is 0 Å². The van der Waals surface area contributed by atoms with Crippen LogP contribution in [0.3, 0.4) is 0 Å². The molecule has 0 aliphatic heterocycles. The van der Waals surface area contributed by atoms with Gasteiger partial charge in [0.2, 0.25) is 0 Å². The van der Waals surface area contributed by atoms with Crippen LogP contribution < -0.4 is 5.73 Å². The number of rotatable bonds is 2. The van der Waals surface area contributed by atoms with E-state index in [1.54, 1.807) is 0 Å². The zero-order chi connectivity index (χ0) is 10.1. The number of hydrogen-bond donors (Lipinski definition) is 2. The molecular formula is C10H19NO2. The van der Waals surface area contributed by atoms with E-state index >= 15 is 0 Å². The number of hydrogen-bond acceptors (Lipinski definition) is 2. The summed E-state index contributed by atoms with van der Waals surface area (Å²) in [6, 6.07) is 0. The Morgan fingerprint density at radius 1 is 1.62 bits per heavy atom. The fourth-order valence-electron chi connectivity index (χ4n) is 2.11. The fourth-order valence-corrected chi connectivity index (χ4v) is 2.11. The molecule has 2 atom stereocenters. The summed E-state index contributed by atoms with van der Waals surface area (Å²) < 4.78 is 0. The van der Waals surface area contributed by atoms with Gasteiger partial charge in [-0.1, -0.05) is 26.7 Å². The second-order valence-electron chi connectivity index (χ2n) is 4.56. The van der Waals surface area contributed by atoms with Gasteiger partial charge in [0.15, 0.2) is 0 Å². The summed E-state index contributed by atoms with van der Waals surface area (Å²) in [6.45, 7) is 4.27. The van der Waals surface area contributed by atoms with E-state index in [4.69, 9.17) is 10.8 Å². The average Bonchev–Trinajstić information content (AvgIpc) is 2.04. The molecule has 1 fully saturated rings. The molecule has 1 aliphatic rings. The molecule has 3 N–H and O–H groups in total. The Bertz CT molecular complexity index is 203. The van der Waals surface area contributed by atoms with Gasteiger partial charge in [0.1, 0.15) is 5.54 Å². The van der Waals surface area contributed by atoms with Crippen molar-refractivity contribution in [2.75, 3.05) is 0 Å². The number of aliphatic carboxylic acids is 1. The lowest BCUT2D eigenvalue weighted by Crippen LogP contribution is -2.51. The molecule has 0 amide bonds. The van der Waals surface area contributed by atoms with Gasteiger partial charge in [0, 0.05) is 0 Å². The first-order chi connectivity index (χ1) is 5.96. The quantitative estimate of drug-likeness (QED) is 0.687. The van der Waals surface area contributed by atoms with E-state index in [-0.39, 0.29) is 0 Å². The van der Waals surface area contributed by atoms with E-state index in [0.717, 1.165) is 12.8 Å². The molecule has 76 valence electrons. The standard InChI is InChI=1S/C10H19NO2/c1-7(2)8-4-3-5-10(11,6-8)9(12)13/h7-8H,3-6,11H2,1-2H3,(H,12,13). The Balaban J connectivity index is 2.65. The second-order valence-corrected chi connectivity index (χ2v) is 4.56. The lowest BCUT2D eigenvalue weighted by Gasteiger charge is -2.36. The van der Waals surface area contributed by atoms with Crippen LogP contribution in [0.15, 0.2) is 0 Å². The average molecular weight is 185 g/mol. The third-order valence-electron chi connectivity index (χ3n) is 3.19. The van der Waals surface area contributed by atoms with Crippen molar-refractivity contribution >= 4 is 5.97 Å². The summed E-state index contributed by atoms with van der Waals surface area (Å²) in [7, 11) is 0. The summed E-state index contributed by atoms with van der Waals surface area (Å²) in [4.78, 5) is 10.9. The lowest BCUT2D eigenvalue weighted by molar-refractivity contribution is -0.145. The van der Waals surface area contributed by atoms with E-state index in [1.165, 1.54) is 0 Å². The van der Waals surface area contributed by atoms with Gasteiger partial charge in [-0.2, -0.15) is 0 Å².